The molecule has 1 aliphatic rings. The average molecular weight is 446 g/mol. The smallest absolute Gasteiger partial charge is 0.271 e. The Morgan fingerprint density at radius 1 is 1.00 bits per heavy atom. The van der Waals surface area contributed by atoms with E-state index in [1.165, 1.54) is 21.4 Å². The molecule has 0 atom stereocenters. The molecule has 1 saturated heterocycles. The molecule has 4 aromatic rings. The van der Waals surface area contributed by atoms with Gasteiger partial charge in [0.25, 0.3) is 11.8 Å². The van der Waals surface area contributed by atoms with Crippen LogP contribution in [-0.4, -0.2) is 59.7 Å². The predicted octanol–water partition coefficient (Wildman–Crippen LogP) is 2.75. The average Bonchev–Trinajstić information content (AvgIpc) is 3.60. The normalized spacial score (nSPS) is 13.5. The number of carbonyl (C=O) groups is 2. The Morgan fingerprint density at radius 3 is 2.72 bits per heavy atom. The summed E-state index contributed by atoms with van der Waals surface area (Å²) in [6.07, 6.45) is 7.56. The van der Waals surface area contributed by atoms with Gasteiger partial charge >= 0.3 is 0 Å². The summed E-state index contributed by atoms with van der Waals surface area (Å²) in [5, 5.41) is 9.86. The molecule has 1 aliphatic heterocycles. The van der Waals surface area contributed by atoms with Crippen molar-refractivity contribution in [2.45, 2.75) is 13.0 Å². The summed E-state index contributed by atoms with van der Waals surface area (Å²) in [6, 6.07) is 11.1. The molecule has 0 aliphatic carbocycles. The lowest BCUT2D eigenvalue weighted by Gasteiger charge is -2.27. The Bertz CT molecular complexity index is 1240. The van der Waals surface area contributed by atoms with Crippen LogP contribution in [0.15, 0.2) is 66.6 Å². The highest BCUT2D eigenvalue weighted by atomic mass is 32.1. The van der Waals surface area contributed by atoms with E-state index >= 15 is 0 Å². The molecule has 0 unspecified atom stereocenters. The summed E-state index contributed by atoms with van der Waals surface area (Å²) in [6.45, 7) is 0.996. The number of aromatic nitrogens is 5. The highest BCUT2D eigenvalue weighted by molar-refractivity contribution is 7.13. The Morgan fingerprint density at radius 2 is 1.91 bits per heavy atom. The van der Waals surface area contributed by atoms with E-state index < -0.39 is 0 Å². The minimum atomic E-state index is -0.281. The largest absolute Gasteiger partial charge is 0.291 e. The highest BCUT2D eigenvalue weighted by Crippen LogP contribution is 2.24. The van der Waals surface area contributed by atoms with E-state index in [9.17, 15) is 9.59 Å². The molecule has 0 aromatic carbocycles. The van der Waals surface area contributed by atoms with E-state index in [-0.39, 0.29) is 18.4 Å². The van der Waals surface area contributed by atoms with Gasteiger partial charge in [0, 0.05) is 48.8 Å². The second-order valence-electron chi connectivity index (χ2n) is 7.19. The van der Waals surface area contributed by atoms with Crippen molar-refractivity contribution in [1.29, 1.82) is 0 Å². The second kappa shape index (κ2) is 8.67. The lowest BCUT2D eigenvalue weighted by atomic mass is 10.3. The third-order valence-corrected chi connectivity index (χ3v) is 5.94. The number of hydrogen-bond donors (Lipinski definition) is 0. The number of thiazole rings is 1. The lowest BCUT2D eigenvalue weighted by Crippen LogP contribution is -2.46. The summed E-state index contributed by atoms with van der Waals surface area (Å²) in [7, 11) is 0. The van der Waals surface area contributed by atoms with Crippen LogP contribution < -0.4 is 0 Å². The Hall–Kier alpha value is -3.92. The monoisotopic (exact) mass is 445 g/mol. The first-order valence-electron chi connectivity index (χ1n) is 10.1. The van der Waals surface area contributed by atoms with Crippen LogP contribution in [0.25, 0.3) is 22.0 Å². The summed E-state index contributed by atoms with van der Waals surface area (Å²) in [4.78, 5) is 38.9. The van der Waals surface area contributed by atoms with E-state index in [0.29, 0.717) is 24.5 Å². The van der Waals surface area contributed by atoms with Crippen molar-refractivity contribution >= 4 is 23.2 Å². The number of hydrogen-bond acceptors (Lipinski definition) is 7. The molecular weight excluding hydrogens is 426 g/mol. The second-order valence-corrected chi connectivity index (χ2v) is 8.05. The summed E-state index contributed by atoms with van der Waals surface area (Å²) < 4.78 is 1.57. The maximum atomic E-state index is 13.1. The van der Waals surface area contributed by atoms with Crippen molar-refractivity contribution in [3.05, 3.63) is 72.3 Å². The van der Waals surface area contributed by atoms with Crippen molar-refractivity contribution in [1.82, 2.24) is 34.8 Å². The molecule has 0 spiro atoms. The molecule has 5 rings (SSSR count). The number of rotatable bonds is 5. The van der Waals surface area contributed by atoms with Crippen LogP contribution in [0.4, 0.5) is 0 Å². The fourth-order valence-electron chi connectivity index (χ4n) is 3.53. The molecule has 32 heavy (non-hydrogen) atoms. The quantitative estimate of drug-likeness (QED) is 0.469. The van der Waals surface area contributed by atoms with E-state index in [2.05, 4.69) is 20.1 Å². The van der Waals surface area contributed by atoms with Crippen LogP contribution in [0.3, 0.4) is 0 Å². The van der Waals surface area contributed by atoms with Gasteiger partial charge in [0.1, 0.15) is 22.9 Å². The van der Waals surface area contributed by atoms with Gasteiger partial charge < -0.3 is 0 Å². The van der Waals surface area contributed by atoms with E-state index in [1.807, 2.05) is 36.4 Å². The maximum Gasteiger partial charge on any atom is 0.291 e. The van der Waals surface area contributed by atoms with E-state index in [0.717, 1.165) is 22.7 Å². The molecule has 1 fully saturated rings. The van der Waals surface area contributed by atoms with Crippen molar-refractivity contribution in [3.63, 3.8) is 0 Å². The molecular formula is C22H19N7O2S. The SMILES string of the molecule is O=C(Cn1ccc(-c2ccccn2)n1)N1CCCN1C(=O)c1csc(-c2cccnc2)n1. The first-order valence-corrected chi connectivity index (χ1v) is 11.0. The number of nitrogens with zero attached hydrogens (tertiary/aromatic N) is 7. The van der Waals surface area contributed by atoms with Gasteiger partial charge in [-0.1, -0.05) is 6.07 Å². The van der Waals surface area contributed by atoms with Crippen molar-refractivity contribution in [3.8, 4) is 22.0 Å². The highest BCUT2D eigenvalue weighted by Gasteiger charge is 2.32. The molecule has 9 nitrogen and oxygen atoms in total. The molecule has 160 valence electrons. The molecule has 0 N–H and O–H groups in total. The van der Waals surface area contributed by atoms with Crippen LogP contribution in [0, 0.1) is 0 Å². The van der Waals surface area contributed by atoms with Gasteiger partial charge in [-0.05, 0) is 36.8 Å². The van der Waals surface area contributed by atoms with Gasteiger partial charge in [-0.25, -0.2) is 15.0 Å². The molecule has 0 radical (unpaired) electrons. The number of carbonyl (C=O) groups excluding carboxylic acids is 2. The van der Waals surface area contributed by atoms with Gasteiger partial charge in [-0.15, -0.1) is 11.3 Å². The van der Waals surface area contributed by atoms with Gasteiger partial charge in [0.05, 0.1) is 5.69 Å². The van der Waals surface area contributed by atoms with Gasteiger partial charge in [0.2, 0.25) is 0 Å². The zero-order valence-corrected chi connectivity index (χ0v) is 17.9. The molecule has 2 amide bonds. The molecule has 4 aromatic heterocycles. The summed E-state index contributed by atoms with van der Waals surface area (Å²) >= 11 is 1.38. The lowest BCUT2D eigenvalue weighted by molar-refractivity contribution is -0.141. The molecule has 0 saturated carbocycles. The van der Waals surface area contributed by atoms with Gasteiger partial charge in [0.15, 0.2) is 0 Å². The zero-order valence-electron chi connectivity index (χ0n) is 17.0. The third kappa shape index (κ3) is 4.00. The molecule has 0 bridgehead atoms. The van der Waals surface area contributed by atoms with E-state index in [1.54, 1.807) is 34.8 Å². The Kier molecular flexibility index (Phi) is 5.42. The fourth-order valence-corrected chi connectivity index (χ4v) is 4.31. The van der Waals surface area contributed by atoms with Crippen molar-refractivity contribution < 1.29 is 9.59 Å². The van der Waals surface area contributed by atoms with Gasteiger partial charge in [-0.3, -0.25) is 24.2 Å². The molecule has 10 heteroatoms. The molecule has 5 heterocycles. The topological polar surface area (TPSA) is 97.1 Å². The van der Waals surface area contributed by atoms with Crippen LogP contribution in [0.1, 0.15) is 16.9 Å². The standard InChI is InChI=1S/C22H19N7O2S/c30-20(14-27-12-7-18(26-27)17-6-1-2-9-24-17)28-10-4-11-29(28)22(31)19-15-32-21(25-19)16-5-3-8-23-13-16/h1-3,5-9,12-13,15H,4,10-11,14H2. The van der Waals surface area contributed by atoms with Crippen LogP contribution in [-0.2, 0) is 11.3 Å². The number of amides is 2. The zero-order chi connectivity index (χ0) is 21.9. The first kappa shape index (κ1) is 20.0. The van der Waals surface area contributed by atoms with E-state index in [4.69, 9.17) is 0 Å². The number of pyridine rings is 2. The van der Waals surface area contributed by atoms with Crippen LogP contribution in [0.5, 0.6) is 0 Å². The Labute approximate surface area is 188 Å². The first-order chi connectivity index (χ1) is 15.7. The minimum Gasteiger partial charge on any atom is -0.271 e. The van der Waals surface area contributed by atoms with Crippen molar-refractivity contribution in [2.24, 2.45) is 0 Å². The van der Waals surface area contributed by atoms with Crippen LogP contribution >= 0.6 is 11.3 Å². The summed E-state index contributed by atoms with van der Waals surface area (Å²) in [5.41, 5.74) is 2.61. The maximum absolute atomic E-state index is 13.1. The summed E-state index contributed by atoms with van der Waals surface area (Å²) in [5.74, 6) is -0.480. The Balaban J connectivity index is 1.28. The van der Waals surface area contributed by atoms with Crippen LogP contribution in [0.2, 0.25) is 0 Å². The van der Waals surface area contributed by atoms with Crippen molar-refractivity contribution in [2.75, 3.05) is 13.1 Å². The number of hydrazine groups is 1. The third-order valence-electron chi connectivity index (χ3n) is 5.05. The minimum absolute atomic E-state index is 0.0363. The van der Waals surface area contributed by atoms with Gasteiger partial charge in [-0.2, -0.15) is 5.10 Å². The predicted molar refractivity (Wildman–Crippen MR) is 118 cm³/mol. The fraction of sp³-hybridized carbons (Fsp3) is 0.182.